The Kier molecular flexibility index (Phi) is 8.38. The van der Waals surface area contributed by atoms with Gasteiger partial charge in [-0.3, -0.25) is 9.36 Å². The number of fused-ring (bicyclic) bond motifs is 2. The molecule has 3 N–H and O–H groups in total. The second-order valence-electron chi connectivity index (χ2n) is 10.8. The van der Waals surface area contributed by atoms with Crippen LogP contribution in [0.3, 0.4) is 0 Å². The minimum absolute atomic E-state index is 0.123. The molecule has 0 aromatic carbocycles. The van der Waals surface area contributed by atoms with Gasteiger partial charge in [0.1, 0.15) is 16.9 Å². The fraction of sp³-hybridized carbons (Fsp3) is 0.433. The zero-order valence-electron chi connectivity index (χ0n) is 23.7. The van der Waals surface area contributed by atoms with Crippen molar-refractivity contribution >= 4 is 35.0 Å². The Morgan fingerprint density at radius 3 is 2.79 bits per heavy atom. The monoisotopic (exact) mass is 589 g/mol. The van der Waals surface area contributed by atoms with Gasteiger partial charge in [0, 0.05) is 36.9 Å². The summed E-state index contributed by atoms with van der Waals surface area (Å²) in [6.45, 7) is 5.38. The van der Waals surface area contributed by atoms with Crippen molar-refractivity contribution in [1.29, 1.82) is 0 Å². The number of hydrogen-bond donors (Lipinski definition) is 3. The Balaban J connectivity index is 0.995. The number of aliphatic hydroxyl groups is 1. The van der Waals surface area contributed by atoms with Crippen LogP contribution >= 0.6 is 11.8 Å². The molecule has 0 saturated heterocycles. The third kappa shape index (κ3) is 5.98. The van der Waals surface area contributed by atoms with Crippen LogP contribution in [-0.2, 0) is 11.2 Å². The number of rotatable bonds is 11. The number of nitrogens with zero attached hydrogens (tertiary/aromatic N) is 5. The Labute approximate surface area is 248 Å². The van der Waals surface area contributed by atoms with Gasteiger partial charge in [0.15, 0.2) is 12.0 Å². The smallest absolute Gasteiger partial charge is 0.351 e. The Bertz CT molecular complexity index is 1570. The summed E-state index contributed by atoms with van der Waals surface area (Å²) in [7, 11) is 0. The highest BCUT2D eigenvalue weighted by atomic mass is 32.2. The summed E-state index contributed by atoms with van der Waals surface area (Å²) in [6, 6.07) is 4.20. The van der Waals surface area contributed by atoms with Gasteiger partial charge in [-0.1, -0.05) is 6.08 Å². The lowest BCUT2D eigenvalue weighted by Crippen LogP contribution is -2.28. The summed E-state index contributed by atoms with van der Waals surface area (Å²) in [5, 5.41) is 16.5. The number of nitrogens with one attached hydrogen (secondary N) is 2. The molecule has 12 heteroatoms. The number of amides is 1. The number of hydrogen-bond acceptors (Lipinski definition) is 10. The van der Waals surface area contributed by atoms with Crippen LogP contribution in [0.15, 0.2) is 52.7 Å². The van der Waals surface area contributed by atoms with Crippen LogP contribution in [-0.4, -0.2) is 68.1 Å². The molecule has 1 saturated carbocycles. The number of pyridine rings is 2. The molecule has 0 unspecified atom stereocenters. The van der Waals surface area contributed by atoms with Crippen molar-refractivity contribution in [3.8, 4) is 0 Å². The maximum Gasteiger partial charge on any atom is 0.351 e. The molecule has 3 aromatic rings. The van der Waals surface area contributed by atoms with E-state index in [-0.39, 0.29) is 18.2 Å². The molecule has 0 radical (unpaired) electrons. The third-order valence-corrected chi connectivity index (χ3v) is 8.69. The zero-order chi connectivity index (χ0) is 29.2. The molecule has 42 heavy (non-hydrogen) atoms. The van der Waals surface area contributed by atoms with Crippen LogP contribution in [0.25, 0.3) is 0 Å². The average molecular weight is 590 g/mol. The molecule has 2 aliphatic heterocycles. The number of thioether (sulfide) groups is 1. The maximum absolute atomic E-state index is 13.2. The molecule has 1 fully saturated rings. The van der Waals surface area contributed by atoms with Crippen LogP contribution in [0.5, 0.6) is 0 Å². The number of ether oxygens (including phenoxy) is 1. The summed E-state index contributed by atoms with van der Waals surface area (Å²) < 4.78 is 7.08. The lowest BCUT2D eigenvalue weighted by atomic mass is 10.1. The van der Waals surface area contributed by atoms with E-state index in [1.807, 2.05) is 32.2 Å². The van der Waals surface area contributed by atoms with Gasteiger partial charge in [-0.15, -0.1) is 11.8 Å². The van der Waals surface area contributed by atoms with E-state index >= 15 is 0 Å². The molecular formula is C30H35N7O4S. The van der Waals surface area contributed by atoms with Gasteiger partial charge >= 0.3 is 5.69 Å². The van der Waals surface area contributed by atoms with Crippen LogP contribution in [0.4, 0.5) is 17.3 Å². The van der Waals surface area contributed by atoms with Crippen LogP contribution in [0.1, 0.15) is 52.5 Å². The van der Waals surface area contributed by atoms with E-state index < -0.39 is 12.3 Å². The summed E-state index contributed by atoms with van der Waals surface area (Å²) in [4.78, 5) is 41.5. The second kappa shape index (κ2) is 12.3. The van der Waals surface area contributed by atoms with Crippen LogP contribution < -0.4 is 21.2 Å². The first kappa shape index (κ1) is 28.5. The first-order valence-electron chi connectivity index (χ1n) is 14.4. The van der Waals surface area contributed by atoms with Gasteiger partial charge in [-0.05, 0) is 81.0 Å². The molecule has 11 nitrogen and oxygen atoms in total. The number of aliphatic hydroxyl groups excluding tert-OH is 1. The molecule has 0 bridgehead atoms. The van der Waals surface area contributed by atoms with Gasteiger partial charge < -0.3 is 25.4 Å². The molecule has 1 amide bonds. The summed E-state index contributed by atoms with van der Waals surface area (Å²) >= 11 is 1.54. The summed E-state index contributed by atoms with van der Waals surface area (Å²) in [6.07, 6.45) is 11.8. The fourth-order valence-electron chi connectivity index (χ4n) is 5.23. The number of carbonyl (C=O) groups is 1. The van der Waals surface area contributed by atoms with E-state index in [0.29, 0.717) is 22.4 Å². The van der Waals surface area contributed by atoms with Crippen molar-refractivity contribution in [2.75, 3.05) is 35.7 Å². The van der Waals surface area contributed by atoms with Crippen molar-refractivity contribution in [2.45, 2.75) is 62.9 Å². The van der Waals surface area contributed by atoms with Gasteiger partial charge in [-0.25, -0.2) is 14.8 Å². The quantitative estimate of drug-likeness (QED) is 0.132. The minimum atomic E-state index is -0.541. The lowest BCUT2D eigenvalue weighted by molar-refractivity contribution is -0.0105. The number of aromatic nitrogens is 4. The Morgan fingerprint density at radius 1 is 1.14 bits per heavy atom. The molecule has 1 aliphatic carbocycles. The third-order valence-electron chi connectivity index (χ3n) is 7.60. The Hall–Kier alpha value is -3.58. The van der Waals surface area contributed by atoms with Crippen molar-refractivity contribution in [1.82, 2.24) is 24.8 Å². The molecular weight excluding hydrogens is 554 g/mol. The first-order chi connectivity index (χ1) is 20.4. The summed E-state index contributed by atoms with van der Waals surface area (Å²) in [5.41, 5.74) is 3.90. The molecule has 3 aliphatic rings. The van der Waals surface area contributed by atoms with E-state index in [0.717, 1.165) is 72.7 Å². The molecule has 5 heterocycles. The lowest BCUT2D eigenvalue weighted by Gasteiger charge is -2.24. The molecule has 0 spiro atoms. The van der Waals surface area contributed by atoms with Crippen molar-refractivity contribution < 1.29 is 14.6 Å². The standard InChI is InChI=1S/C30H35N7O4S/c1-18-9-11-32-27-25(18)34-28(39)23-14-20(15-33-26(23)37(27)21-5-6-21)4-3-10-31-12-13-42-29-19(2)16-36(30(40)35-29)24-8-7-22(17-38)41-24/h7-9,11,14-16,21-22,24,31,38H,3-6,10,12-13,17H2,1-2H3,(H,34,39)/t22-,24+/m0/s1. The summed E-state index contributed by atoms with van der Waals surface area (Å²) in [5.74, 6) is 2.08. The predicted molar refractivity (Wildman–Crippen MR) is 162 cm³/mol. The normalized spacial score (nSPS) is 19.4. The van der Waals surface area contributed by atoms with Gasteiger partial charge in [0.05, 0.1) is 17.9 Å². The van der Waals surface area contributed by atoms with Crippen molar-refractivity contribution in [3.05, 3.63) is 75.6 Å². The van der Waals surface area contributed by atoms with Gasteiger partial charge in [0.25, 0.3) is 5.91 Å². The fourth-order valence-corrected chi connectivity index (χ4v) is 6.09. The molecule has 220 valence electrons. The van der Waals surface area contributed by atoms with Crippen LogP contribution in [0.2, 0.25) is 0 Å². The van der Waals surface area contributed by atoms with Crippen molar-refractivity contribution in [3.63, 3.8) is 0 Å². The Morgan fingerprint density at radius 2 is 2.00 bits per heavy atom. The molecule has 3 aromatic heterocycles. The van der Waals surface area contributed by atoms with E-state index in [1.54, 1.807) is 36.3 Å². The highest BCUT2D eigenvalue weighted by Crippen LogP contribution is 2.43. The van der Waals surface area contributed by atoms with E-state index in [1.165, 1.54) is 4.57 Å². The first-order valence-corrected chi connectivity index (χ1v) is 15.3. The van der Waals surface area contributed by atoms with Crippen molar-refractivity contribution in [2.24, 2.45) is 0 Å². The van der Waals surface area contributed by atoms with E-state index in [9.17, 15) is 14.7 Å². The zero-order valence-corrected chi connectivity index (χ0v) is 24.6. The topological polar surface area (TPSA) is 134 Å². The predicted octanol–water partition coefficient (Wildman–Crippen LogP) is 3.28. The number of anilines is 3. The van der Waals surface area contributed by atoms with E-state index in [2.05, 4.69) is 25.5 Å². The van der Waals surface area contributed by atoms with E-state index in [4.69, 9.17) is 9.72 Å². The second-order valence-corrected chi connectivity index (χ2v) is 11.9. The largest absolute Gasteiger partial charge is 0.393 e. The maximum atomic E-state index is 13.2. The van der Waals surface area contributed by atoms with Gasteiger partial charge in [0.2, 0.25) is 0 Å². The number of carbonyl (C=O) groups excluding carboxylic acids is 1. The number of aryl methyl sites for hydroxylation is 3. The van der Waals surface area contributed by atoms with Gasteiger partial charge in [-0.2, -0.15) is 4.98 Å². The van der Waals surface area contributed by atoms with Crippen LogP contribution in [0, 0.1) is 13.8 Å². The molecule has 2 atom stereocenters. The SMILES string of the molecule is Cc1cn([C@H]2C=C[C@@H](CO)O2)c(=O)nc1SCCNCCCc1cnc2c(c1)C(=O)Nc1c(C)ccnc1N2C1CC1. The molecule has 6 rings (SSSR count). The highest BCUT2D eigenvalue weighted by molar-refractivity contribution is 7.99. The highest BCUT2D eigenvalue weighted by Gasteiger charge is 2.38. The average Bonchev–Trinajstić information content (AvgIpc) is 3.72. The minimum Gasteiger partial charge on any atom is -0.393 e.